The van der Waals surface area contributed by atoms with E-state index in [2.05, 4.69) is 15.9 Å². The number of phenolic OH excluding ortho intramolecular Hbond substituents is 1. The molecular formula is C9H9BrO4. The molecule has 0 unspecified atom stereocenters. The molecule has 0 atom stereocenters. The number of ether oxygens (including phenoxy) is 1. The number of aromatic hydroxyl groups is 1. The third kappa shape index (κ3) is 2.38. The lowest BCUT2D eigenvalue weighted by Gasteiger charge is -2.07. The molecule has 1 aromatic carbocycles. The number of aliphatic carboxylic acids is 1. The van der Waals surface area contributed by atoms with Crippen LogP contribution in [0, 0.1) is 0 Å². The minimum Gasteiger partial charge on any atom is -0.508 e. The fraction of sp³-hybridized carbons (Fsp3) is 0.222. The maximum Gasteiger partial charge on any atom is 0.307 e. The first-order valence-corrected chi connectivity index (χ1v) is 4.61. The number of methoxy groups -OCH3 is 1. The molecule has 0 aliphatic heterocycles. The predicted molar refractivity (Wildman–Crippen MR) is 53.7 cm³/mol. The second-order valence-corrected chi connectivity index (χ2v) is 3.54. The zero-order valence-electron chi connectivity index (χ0n) is 7.45. The van der Waals surface area contributed by atoms with E-state index in [4.69, 9.17) is 9.84 Å². The van der Waals surface area contributed by atoms with E-state index in [-0.39, 0.29) is 12.2 Å². The van der Waals surface area contributed by atoms with Gasteiger partial charge in [0.25, 0.3) is 0 Å². The van der Waals surface area contributed by atoms with E-state index in [1.165, 1.54) is 19.2 Å². The van der Waals surface area contributed by atoms with Gasteiger partial charge in [-0.2, -0.15) is 0 Å². The van der Waals surface area contributed by atoms with Crippen LogP contribution in [0.4, 0.5) is 0 Å². The lowest BCUT2D eigenvalue weighted by molar-refractivity contribution is -0.136. The number of benzene rings is 1. The number of hydrogen-bond acceptors (Lipinski definition) is 3. The first-order chi connectivity index (χ1) is 6.54. The van der Waals surface area contributed by atoms with Gasteiger partial charge in [-0.05, 0) is 22.0 Å². The molecule has 1 rings (SSSR count). The number of carboxylic acid groups (broad SMARTS) is 1. The number of rotatable bonds is 3. The van der Waals surface area contributed by atoms with E-state index >= 15 is 0 Å². The molecule has 0 fully saturated rings. The first-order valence-electron chi connectivity index (χ1n) is 3.81. The molecule has 4 nitrogen and oxygen atoms in total. The molecular weight excluding hydrogens is 252 g/mol. The summed E-state index contributed by atoms with van der Waals surface area (Å²) in [5, 5.41) is 18.0. The smallest absolute Gasteiger partial charge is 0.307 e. The summed E-state index contributed by atoms with van der Waals surface area (Å²) >= 11 is 3.20. The Morgan fingerprint density at radius 2 is 2.21 bits per heavy atom. The van der Waals surface area contributed by atoms with Gasteiger partial charge in [0.2, 0.25) is 0 Å². The van der Waals surface area contributed by atoms with Crippen LogP contribution in [0.5, 0.6) is 11.5 Å². The molecule has 0 aliphatic rings. The van der Waals surface area contributed by atoms with Gasteiger partial charge in [-0.15, -0.1) is 0 Å². The van der Waals surface area contributed by atoms with E-state index in [0.717, 1.165) is 0 Å². The second-order valence-electron chi connectivity index (χ2n) is 2.69. The van der Waals surface area contributed by atoms with Crippen LogP contribution in [0.15, 0.2) is 16.6 Å². The third-order valence-corrected chi connectivity index (χ3v) is 2.31. The summed E-state index contributed by atoms with van der Waals surface area (Å²) in [6.45, 7) is 0. The molecule has 0 spiro atoms. The Balaban J connectivity index is 3.08. The summed E-state index contributed by atoms with van der Waals surface area (Å²) in [6, 6.07) is 2.91. The molecule has 0 aromatic heterocycles. The largest absolute Gasteiger partial charge is 0.508 e. The van der Waals surface area contributed by atoms with Crippen LogP contribution in [0.25, 0.3) is 0 Å². The van der Waals surface area contributed by atoms with E-state index in [1.807, 2.05) is 0 Å². The number of phenols is 1. The fourth-order valence-corrected chi connectivity index (χ4v) is 1.60. The Labute approximate surface area is 89.3 Å². The van der Waals surface area contributed by atoms with Crippen molar-refractivity contribution in [3.05, 3.63) is 22.2 Å². The van der Waals surface area contributed by atoms with Crippen LogP contribution in [0.1, 0.15) is 5.56 Å². The van der Waals surface area contributed by atoms with Gasteiger partial charge in [-0.25, -0.2) is 0 Å². The summed E-state index contributed by atoms with van der Waals surface area (Å²) in [4.78, 5) is 10.4. The van der Waals surface area contributed by atoms with Gasteiger partial charge in [-0.1, -0.05) is 0 Å². The van der Waals surface area contributed by atoms with Crippen LogP contribution in [0.2, 0.25) is 0 Å². The van der Waals surface area contributed by atoms with Gasteiger partial charge in [0.05, 0.1) is 18.0 Å². The second kappa shape index (κ2) is 4.32. The minimum absolute atomic E-state index is 0.0764. The maximum absolute atomic E-state index is 10.4. The van der Waals surface area contributed by atoms with Crippen molar-refractivity contribution < 1.29 is 19.7 Å². The van der Waals surface area contributed by atoms with E-state index < -0.39 is 5.97 Å². The molecule has 0 aliphatic carbocycles. The minimum atomic E-state index is -0.989. The quantitative estimate of drug-likeness (QED) is 0.870. The van der Waals surface area contributed by atoms with Gasteiger partial charge < -0.3 is 14.9 Å². The lowest BCUT2D eigenvalue weighted by Crippen LogP contribution is -2.00. The van der Waals surface area contributed by atoms with Crippen molar-refractivity contribution in [1.29, 1.82) is 0 Å². The monoisotopic (exact) mass is 260 g/mol. The average Bonchev–Trinajstić information content (AvgIpc) is 2.10. The van der Waals surface area contributed by atoms with Crippen LogP contribution >= 0.6 is 15.9 Å². The summed E-state index contributed by atoms with van der Waals surface area (Å²) < 4.78 is 5.55. The highest BCUT2D eigenvalue weighted by Gasteiger charge is 2.10. The Hall–Kier alpha value is -1.23. The molecule has 0 bridgehead atoms. The van der Waals surface area contributed by atoms with Gasteiger partial charge in [0, 0.05) is 11.6 Å². The molecule has 0 saturated heterocycles. The predicted octanol–water partition coefficient (Wildman–Crippen LogP) is 1.79. The van der Waals surface area contributed by atoms with Crippen LogP contribution in [-0.4, -0.2) is 23.3 Å². The van der Waals surface area contributed by atoms with Crippen LogP contribution < -0.4 is 4.74 Å². The van der Waals surface area contributed by atoms with Crippen molar-refractivity contribution in [3.8, 4) is 11.5 Å². The standard InChI is InChI=1S/C9H9BrO4/c1-14-8-4-7(11)5(2-6(8)10)3-9(12)13/h2,4,11H,3H2,1H3,(H,12,13). The summed E-state index contributed by atoms with van der Waals surface area (Å²) in [7, 11) is 1.47. The van der Waals surface area contributed by atoms with Crippen molar-refractivity contribution >= 4 is 21.9 Å². The Bertz CT molecular complexity index is 362. The van der Waals surface area contributed by atoms with Gasteiger partial charge >= 0.3 is 5.97 Å². The molecule has 0 saturated carbocycles. The lowest BCUT2D eigenvalue weighted by atomic mass is 10.1. The van der Waals surface area contributed by atoms with E-state index in [9.17, 15) is 9.90 Å². The van der Waals surface area contributed by atoms with Crippen molar-refractivity contribution in [3.63, 3.8) is 0 Å². The summed E-state index contributed by atoms with van der Waals surface area (Å²) in [5.74, 6) is -0.596. The number of halogens is 1. The van der Waals surface area contributed by atoms with Crippen LogP contribution in [0.3, 0.4) is 0 Å². The number of hydrogen-bond donors (Lipinski definition) is 2. The Kier molecular flexibility index (Phi) is 3.35. The van der Waals surface area contributed by atoms with Gasteiger partial charge in [0.1, 0.15) is 11.5 Å². The molecule has 5 heteroatoms. The summed E-state index contributed by atoms with van der Waals surface area (Å²) in [6.07, 6.45) is -0.214. The average molecular weight is 261 g/mol. The zero-order valence-corrected chi connectivity index (χ0v) is 9.04. The van der Waals surface area contributed by atoms with Crippen molar-refractivity contribution in [1.82, 2.24) is 0 Å². The maximum atomic E-state index is 10.4. The third-order valence-electron chi connectivity index (χ3n) is 1.69. The van der Waals surface area contributed by atoms with Crippen LogP contribution in [-0.2, 0) is 11.2 Å². The molecule has 0 heterocycles. The van der Waals surface area contributed by atoms with E-state index in [0.29, 0.717) is 15.8 Å². The molecule has 0 radical (unpaired) electrons. The topological polar surface area (TPSA) is 66.8 Å². The van der Waals surface area contributed by atoms with Crippen molar-refractivity contribution in [2.45, 2.75) is 6.42 Å². The molecule has 2 N–H and O–H groups in total. The van der Waals surface area contributed by atoms with Crippen molar-refractivity contribution in [2.75, 3.05) is 7.11 Å². The summed E-state index contributed by atoms with van der Waals surface area (Å²) in [5.41, 5.74) is 0.352. The number of carboxylic acids is 1. The Morgan fingerprint density at radius 1 is 1.57 bits per heavy atom. The highest BCUT2D eigenvalue weighted by Crippen LogP contribution is 2.32. The zero-order chi connectivity index (χ0) is 10.7. The first kappa shape index (κ1) is 10.8. The Morgan fingerprint density at radius 3 is 2.71 bits per heavy atom. The molecule has 76 valence electrons. The normalized spacial score (nSPS) is 9.86. The van der Waals surface area contributed by atoms with E-state index in [1.54, 1.807) is 0 Å². The SMILES string of the molecule is COc1cc(O)c(CC(=O)O)cc1Br. The molecule has 0 amide bonds. The number of carbonyl (C=O) groups is 1. The highest BCUT2D eigenvalue weighted by atomic mass is 79.9. The molecule has 14 heavy (non-hydrogen) atoms. The van der Waals surface area contributed by atoms with Crippen molar-refractivity contribution in [2.24, 2.45) is 0 Å². The molecule has 1 aromatic rings. The van der Waals surface area contributed by atoms with Gasteiger partial charge in [-0.3, -0.25) is 4.79 Å². The highest BCUT2D eigenvalue weighted by molar-refractivity contribution is 9.10. The van der Waals surface area contributed by atoms with Gasteiger partial charge in [0.15, 0.2) is 0 Å². The fourth-order valence-electron chi connectivity index (χ4n) is 1.04.